The van der Waals surface area contributed by atoms with Crippen LogP contribution in [0.5, 0.6) is 0 Å². The number of dihydropyridines is 1. The minimum atomic E-state index is -0.984. The lowest BCUT2D eigenvalue weighted by Crippen LogP contribution is -2.35. The standard InChI is InChI=1S/C18H24N4O6/c1-9-12(16(23)27-7)14(15-19-8-11(21(15)6)22(25)26)13(10(2)20-9)17(24)28-18(3,4)5/h8,14,20H,1-7H3. The molecule has 1 aromatic rings. The van der Waals surface area contributed by atoms with Gasteiger partial charge in [0.15, 0.2) is 0 Å². The van der Waals surface area contributed by atoms with Crippen LogP contribution in [0.2, 0.25) is 0 Å². The first-order chi connectivity index (χ1) is 12.9. The van der Waals surface area contributed by atoms with E-state index in [0.717, 1.165) is 6.20 Å². The van der Waals surface area contributed by atoms with Gasteiger partial charge in [0, 0.05) is 11.4 Å². The number of aromatic nitrogens is 2. The molecule has 0 aliphatic carbocycles. The van der Waals surface area contributed by atoms with Crippen molar-refractivity contribution in [3.63, 3.8) is 0 Å². The normalized spacial score (nSPS) is 17.3. The molecule has 0 amide bonds. The summed E-state index contributed by atoms with van der Waals surface area (Å²) in [5, 5.41) is 14.2. The highest BCUT2D eigenvalue weighted by molar-refractivity contribution is 5.99. The van der Waals surface area contributed by atoms with E-state index in [1.165, 1.54) is 18.7 Å². The highest BCUT2D eigenvalue weighted by atomic mass is 16.6. The molecule has 2 heterocycles. The molecule has 1 aromatic heterocycles. The monoisotopic (exact) mass is 392 g/mol. The number of rotatable bonds is 4. The smallest absolute Gasteiger partial charge is 0.342 e. The molecule has 1 aliphatic rings. The second kappa shape index (κ2) is 7.45. The molecule has 0 radical (unpaired) electrons. The number of allylic oxidation sites excluding steroid dienone is 2. The molecule has 0 saturated carbocycles. The predicted molar refractivity (Wildman–Crippen MR) is 99.0 cm³/mol. The van der Waals surface area contributed by atoms with Crippen LogP contribution in [0.25, 0.3) is 0 Å². The van der Waals surface area contributed by atoms with Crippen molar-refractivity contribution in [3.8, 4) is 0 Å². The summed E-state index contributed by atoms with van der Waals surface area (Å²) in [6, 6.07) is 0. The van der Waals surface area contributed by atoms with Crippen molar-refractivity contribution in [1.82, 2.24) is 14.9 Å². The number of hydrogen-bond acceptors (Lipinski definition) is 8. The van der Waals surface area contributed by atoms with Crippen molar-refractivity contribution in [3.05, 3.63) is 44.7 Å². The van der Waals surface area contributed by atoms with Crippen LogP contribution in [-0.4, -0.2) is 39.1 Å². The maximum absolute atomic E-state index is 13.0. The first-order valence-electron chi connectivity index (χ1n) is 8.55. The fourth-order valence-corrected chi connectivity index (χ4v) is 3.09. The molecule has 10 nitrogen and oxygen atoms in total. The van der Waals surface area contributed by atoms with Crippen LogP contribution >= 0.6 is 0 Å². The highest BCUT2D eigenvalue weighted by Gasteiger charge is 2.43. The molecule has 1 atom stereocenters. The SMILES string of the molecule is COC(=O)C1=C(C)NC(C)=C(C(=O)OC(C)(C)C)C1c1ncc([N+](=O)[O-])n1C. The molecular weight excluding hydrogens is 368 g/mol. The first kappa shape index (κ1) is 21.1. The third-order valence-electron chi connectivity index (χ3n) is 4.23. The summed E-state index contributed by atoms with van der Waals surface area (Å²) in [6.07, 6.45) is 1.09. The number of nitrogens with zero attached hydrogens (tertiary/aromatic N) is 3. The van der Waals surface area contributed by atoms with Crippen molar-refractivity contribution in [2.24, 2.45) is 7.05 Å². The van der Waals surface area contributed by atoms with Crippen molar-refractivity contribution >= 4 is 17.8 Å². The van der Waals surface area contributed by atoms with E-state index in [0.29, 0.717) is 11.4 Å². The summed E-state index contributed by atoms with van der Waals surface area (Å²) >= 11 is 0. The minimum absolute atomic E-state index is 0.137. The lowest BCUT2D eigenvalue weighted by Gasteiger charge is -2.30. The second-order valence-corrected chi connectivity index (χ2v) is 7.42. The second-order valence-electron chi connectivity index (χ2n) is 7.42. The lowest BCUT2D eigenvalue weighted by molar-refractivity contribution is -0.391. The van der Waals surface area contributed by atoms with Gasteiger partial charge in [-0.25, -0.2) is 19.1 Å². The van der Waals surface area contributed by atoms with Gasteiger partial charge in [0.05, 0.1) is 25.3 Å². The van der Waals surface area contributed by atoms with E-state index in [4.69, 9.17) is 9.47 Å². The average Bonchev–Trinajstić information content (AvgIpc) is 2.93. The van der Waals surface area contributed by atoms with Gasteiger partial charge in [-0.15, -0.1) is 0 Å². The molecule has 2 rings (SSSR count). The van der Waals surface area contributed by atoms with Crippen LogP contribution in [0.3, 0.4) is 0 Å². The van der Waals surface area contributed by atoms with E-state index in [-0.39, 0.29) is 22.8 Å². The number of nitro groups is 1. The van der Waals surface area contributed by atoms with E-state index in [1.54, 1.807) is 34.6 Å². The molecule has 0 bridgehead atoms. The maximum atomic E-state index is 13.0. The quantitative estimate of drug-likeness (QED) is 0.469. The Balaban J connectivity index is 2.72. The minimum Gasteiger partial charge on any atom is -0.466 e. The Bertz CT molecular complexity index is 904. The van der Waals surface area contributed by atoms with Crippen LogP contribution in [0.15, 0.2) is 28.7 Å². The zero-order valence-electron chi connectivity index (χ0n) is 16.9. The van der Waals surface area contributed by atoms with Gasteiger partial charge in [-0.05, 0) is 39.5 Å². The van der Waals surface area contributed by atoms with Crippen LogP contribution in [0.1, 0.15) is 46.4 Å². The topological polar surface area (TPSA) is 126 Å². The maximum Gasteiger partial charge on any atom is 0.342 e. The fourth-order valence-electron chi connectivity index (χ4n) is 3.09. The molecule has 152 valence electrons. The van der Waals surface area contributed by atoms with Crippen molar-refractivity contribution < 1.29 is 24.0 Å². The Morgan fingerprint density at radius 2 is 1.75 bits per heavy atom. The van der Waals surface area contributed by atoms with Gasteiger partial charge in [-0.3, -0.25) is 0 Å². The number of esters is 2. The number of carbonyl (C=O) groups is 2. The Kier molecular flexibility index (Phi) is 5.62. The van der Waals surface area contributed by atoms with Gasteiger partial charge in [0.25, 0.3) is 0 Å². The Hall–Kier alpha value is -3.17. The summed E-state index contributed by atoms with van der Waals surface area (Å²) in [7, 11) is 2.67. The number of nitrogens with one attached hydrogen (secondary N) is 1. The molecule has 1 aliphatic heterocycles. The summed E-state index contributed by atoms with van der Waals surface area (Å²) in [6.45, 7) is 8.49. The zero-order valence-corrected chi connectivity index (χ0v) is 16.9. The van der Waals surface area contributed by atoms with E-state index in [1.807, 2.05) is 0 Å². The fraction of sp³-hybridized carbons (Fsp3) is 0.500. The average molecular weight is 392 g/mol. The molecular formula is C18H24N4O6. The number of hydrogen-bond donors (Lipinski definition) is 1. The van der Waals surface area contributed by atoms with Crippen LogP contribution in [0.4, 0.5) is 5.82 Å². The van der Waals surface area contributed by atoms with Crippen LogP contribution < -0.4 is 5.32 Å². The molecule has 1 N–H and O–H groups in total. The lowest BCUT2D eigenvalue weighted by atomic mass is 9.84. The third kappa shape index (κ3) is 3.90. The summed E-state index contributed by atoms with van der Waals surface area (Å²) in [5.74, 6) is -2.41. The molecule has 1 unspecified atom stereocenters. The van der Waals surface area contributed by atoms with E-state index in [9.17, 15) is 19.7 Å². The third-order valence-corrected chi connectivity index (χ3v) is 4.23. The largest absolute Gasteiger partial charge is 0.466 e. The molecule has 0 fully saturated rings. The van der Waals surface area contributed by atoms with Gasteiger partial charge in [0.1, 0.15) is 17.7 Å². The summed E-state index contributed by atoms with van der Waals surface area (Å²) in [5.41, 5.74) is 0.439. The van der Waals surface area contributed by atoms with Crippen molar-refractivity contribution in [1.29, 1.82) is 0 Å². The molecule has 10 heteroatoms. The Labute approximate surface area is 162 Å². The summed E-state index contributed by atoms with van der Waals surface area (Å²) in [4.78, 5) is 40.3. The molecule has 0 spiro atoms. The highest BCUT2D eigenvalue weighted by Crippen LogP contribution is 2.39. The summed E-state index contributed by atoms with van der Waals surface area (Å²) < 4.78 is 11.6. The number of carbonyl (C=O) groups excluding carboxylic acids is 2. The van der Waals surface area contributed by atoms with E-state index < -0.39 is 28.4 Å². The zero-order chi connectivity index (χ0) is 21.4. The Morgan fingerprint density at radius 1 is 1.21 bits per heavy atom. The van der Waals surface area contributed by atoms with Gasteiger partial charge >= 0.3 is 17.8 Å². The first-order valence-corrected chi connectivity index (χ1v) is 8.55. The predicted octanol–water partition coefficient (Wildman–Crippen LogP) is 2.08. The molecule has 0 saturated heterocycles. The van der Waals surface area contributed by atoms with E-state index >= 15 is 0 Å². The number of methoxy groups -OCH3 is 1. The van der Waals surface area contributed by atoms with Crippen molar-refractivity contribution in [2.45, 2.75) is 46.1 Å². The van der Waals surface area contributed by atoms with Crippen LogP contribution in [0, 0.1) is 10.1 Å². The van der Waals surface area contributed by atoms with Gasteiger partial charge < -0.3 is 24.9 Å². The molecule has 28 heavy (non-hydrogen) atoms. The Morgan fingerprint density at radius 3 is 2.18 bits per heavy atom. The van der Waals surface area contributed by atoms with Gasteiger partial charge in [-0.1, -0.05) is 0 Å². The van der Waals surface area contributed by atoms with Gasteiger partial charge in [0.2, 0.25) is 5.82 Å². The molecule has 0 aromatic carbocycles. The van der Waals surface area contributed by atoms with Crippen molar-refractivity contribution in [2.75, 3.05) is 7.11 Å². The van der Waals surface area contributed by atoms with Gasteiger partial charge in [-0.2, -0.15) is 0 Å². The van der Waals surface area contributed by atoms with E-state index in [2.05, 4.69) is 10.3 Å². The number of imidazole rings is 1. The van der Waals surface area contributed by atoms with Crippen LogP contribution in [-0.2, 0) is 26.1 Å². The number of ether oxygens (including phenoxy) is 2.